The molecule has 0 radical (unpaired) electrons. The van der Waals surface area contributed by atoms with Crippen LogP contribution in [0.5, 0.6) is 0 Å². The van der Waals surface area contributed by atoms with E-state index in [2.05, 4.69) is 20.5 Å². The Kier molecular flexibility index (Phi) is 8.79. The molecular weight excluding hydrogens is 374 g/mol. The zero-order valence-corrected chi connectivity index (χ0v) is 19.1. The molecule has 3 rings (SSSR count). The maximum atomic E-state index is 12.0. The van der Waals surface area contributed by atoms with E-state index in [0.717, 1.165) is 44.1 Å². The number of pyridine rings is 1. The quantitative estimate of drug-likeness (QED) is 0.389. The minimum absolute atomic E-state index is 0.0935. The van der Waals surface area contributed by atoms with Gasteiger partial charge in [0.25, 0.3) is 5.56 Å². The van der Waals surface area contributed by atoms with Gasteiger partial charge in [-0.05, 0) is 64.6 Å². The molecule has 2 aliphatic rings. The number of guanidine groups is 1. The smallest absolute Gasteiger partial charge is 0.250 e. The van der Waals surface area contributed by atoms with Crippen LogP contribution in [0.15, 0.2) is 28.0 Å². The summed E-state index contributed by atoms with van der Waals surface area (Å²) in [5.41, 5.74) is 1.43. The van der Waals surface area contributed by atoms with Gasteiger partial charge in [-0.2, -0.15) is 0 Å². The summed E-state index contributed by atoms with van der Waals surface area (Å²) in [6, 6.07) is 5.46. The van der Waals surface area contributed by atoms with Crippen LogP contribution in [0, 0.1) is 6.92 Å². The van der Waals surface area contributed by atoms with Gasteiger partial charge in [0.2, 0.25) is 0 Å². The van der Waals surface area contributed by atoms with Crippen molar-refractivity contribution < 1.29 is 0 Å². The minimum Gasteiger partial charge on any atom is -0.356 e. The van der Waals surface area contributed by atoms with E-state index >= 15 is 0 Å². The molecule has 1 aromatic heterocycles. The van der Waals surface area contributed by atoms with Crippen LogP contribution in [0.4, 0.5) is 0 Å². The molecule has 1 aromatic rings. The second-order valence-electron chi connectivity index (χ2n) is 9.05. The molecule has 1 aliphatic carbocycles. The third-order valence-corrected chi connectivity index (χ3v) is 6.99. The fraction of sp³-hybridized carbons (Fsp3) is 0.750. The number of aromatic nitrogens is 1. The van der Waals surface area contributed by atoms with Crippen molar-refractivity contribution in [2.24, 2.45) is 4.99 Å². The molecule has 0 atom stereocenters. The number of hydrogen-bond acceptors (Lipinski definition) is 3. The van der Waals surface area contributed by atoms with Crippen LogP contribution >= 0.6 is 0 Å². The molecule has 2 heterocycles. The predicted octanol–water partition coefficient (Wildman–Crippen LogP) is 3.29. The van der Waals surface area contributed by atoms with Crippen molar-refractivity contribution in [1.29, 1.82) is 0 Å². The number of aryl methyl sites for hydroxylation is 1. The highest BCUT2D eigenvalue weighted by Crippen LogP contribution is 2.35. The lowest BCUT2D eigenvalue weighted by Crippen LogP contribution is -2.59. The Labute approximate surface area is 182 Å². The van der Waals surface area contributed by atoms with Crippen molar-refractivity contribution >= 4 is 5.96 Å². The van der Waals surface area contributed by atoms with E-state index in [9.17, 15) is 4.79 Å². The van der Waals surface area contributed by atoms with Gasteiger partial charge in [0.1, 0.15) is 0 Å². The first kappa shape index (κ1) is 22.9. The van der Waals surface area contributed by atoms with Gasteiger partial charge in [-0.3, -0.25) is 14.7 Å². The van der Waals surface area contributed by atoms with E-state index in [-0.39, 0.29) is 5.56 Å². The highest BCUT2D eigenvalue weighted by molar-refractivity contribution is 5.79. The zero-order valence-electron chi connectivity index (χ0n) is 19.1. The van der Waals surface area contributed by atoms with E-state index in [1.807, 2.05) is 30.7 Å². The molecule has 2 fully saturated rings. The van der Waals surface area contributed by atoms with Crippen LogP contribution in [0.25, 0.3) is 0 Å². The Hall–Kier alpha value is -1.82. The maximum Gasteiger partial charge on any atom is 0.250 e. The second kappa shape index (κ2) is 11.5. The molecule has 1 saturated carbocycles. The number of hydrogen-bond donors (Lipinski definition) is 2. The van der Waals surface area contributed by atoms with E-state index in [4.69, 9.17) is 0 Å². The molecule has 0 unspecified atom stereocenters. The number of likely N-dealkylation sites (tertiary alicyclic amines) is 1. The topological polar surface area (TPSA) is 61.7 Å². The van der Waals surface area contributed by atoms with Crippen LogP contribution in [-0.4, -0.2) is 54.2 Å². The van der Waals surface area contributed by atoms with Crippen molar-refractivity contribution in [3.8, 4) is 0 Å². The minimum atomic E-state index is 0.0935. The molecule has 1 aliphatic heterocycles. The number of aliphatic imine (C=N–C) groups is 1. The normalized spacial score (nSPS) is 20.1. The van der Waals surface area contributed by atoms with Crippen LogP contribution < -0.4 is 16.2 Å². The molecule has 6 heteroatoms. The summed E-state index contributed by atoms with van der Waals surface area (Å²) >= 11 is 0. The number of nitrogens with one attached hydrogen (secondary N) is 2. The lowest BCUT2D eigenvalue weighted by atomic mass is 9.79. The molecule has 1 saturated heterocycles. The van der Waals surface area contributed by atoms with Crippen LogP contribution in [-0.2, 0) is 6.54 Å². The van der Waals surface area contributed by atoms with Gasteiger partial charge in [0, 0.05) is 44.0 Å². The number of nitrogens with zero attached hydrogens (tertiary/aromatic N) is 3. The lowest BCUT2D eigenvalue weighted by Gasteiger charge is -2.48. The summed E-state index contributed by atoms with van der Waals surface area (Å²) in [6.45, 7) is 7.15. The molecule has 0 aromatic carbocycles. The van der Waals surface area contributed by atoms with E-state index < -0.39 is 0 Å². The summed E-state index contributed by atoms with van der Waals surface area (Å²) in [6.07, 6.45) is 12.8. The summed E-state index contributed by atoms with van der Waals surface area (Å²) in [4.78, 5) is 19.2. The first-order chi connectivity index (χ1) is 14.6. The molecule has 0 spiro atoms. The van der Waals surface area contributed by atoms with Crippen molar-refractivity contribution in [2.75, 3.05) is 33.2 Å². The zero-order chi connectivity index (χ0) is 21.2. The Morgan fingerprint density at radius 3 is 2.47 bits per heavy atom. The van der Waals surface area contributed by atoms with E-state index in [1.165, 1.54) is 64.5 Å². The lowest BCUT2D eigenvalue weighted by molar-refractivity contribution is 0.0368. The van der Waals surface area contributed by atoms with E-state index in [0.29, 0.717) is 5.54 Å². The van der Waals surface area contributed by atoms with Gasteiger partial charge >= 0.3 is 0 Å². The number of piperidine rings is 1. The van der Waals surface area contributed by atoms with Gasteiger partial charge in [-0.15, -0.1) is 0 Å². The fourth-order valence-corrected chi connectivity index (χ4v) is 5.16. The predicted molar refractivity (Wildman–Crippen MR) is 125 cm³/mol. The van der Waals surface area contributed by atoms with Gasteiger partial charge in [-0.1, -0.05) is 31.7 Å². The second-order valence-corrected chi connectivity index (χ2v) is 9.05. The Bertz CT molecular complexity index is 729. The van der Waals surface area contributed by atoms with Crippen molar-refractivity contribution in [2.45, 2.75) is 83.2 Å². The van der Waals surface area contributed by atoms with E-state index in [1.54, 1.807) is 6.07 Å². The number of rotatable bonds is 8. The first-order valence-corrected chi connectivity index (χ1v) is 12.0. The average molecular weight is 416 g/mol. The molecule has 0 bridgehead atoms. The van der Waals surface area contributed by atoms with Gasteiger partial charge in [0.05, 0.1) is 0 Å². The summed E-state index contributed by atoms with van der Waals surface area (Å²) < 4.78 is 1.86. The van der Waals surface area contributed by atoms with Crippen molar-refractivity contribution in [3.05, 3.63) is 34.2 Å². The van der Waals surface area contributed by atoms with Gasteiger partial charge < -0.3 is 15.2 Å². The fourth-order valence-electron chi connectivity index (χ4n) is 5.16. The summed E-state index contributed by atoms with van der Waals surface area (Å²) in [5.74, 6) is 0.907. The third kappa shape index (κ3) is 6.10. The summed E-state index contributed by atoms with van der Waals surface area (Å²) in [5, 5.41) is 7.12. The number of unbranched alkanes of at least 4 members (excludes halogenated alkanes) is 1. The molecule has 2 N–H and O–H groups in total. The highest BCUT2D eigenvalue weighted by atomic mass is 16.1. The highest BCUT2D eigenvalue weighted by Gasteiger charge is 2.38. The monoisotopic (exact) mass is 415 g/mol. The SMILES string of the molecule is CN=C(NCCCCn1c(C)cccc1=O)NCC1(N2CCCCC2)CCCCC1. The molecule has 0 amide bonds. The Morgan fingerprint density at radius 1 is 1.03 bits per heavy atom. The molecule has 30 heavy (non-hydrogen) atoms. The third-order valence-electron chi connectivity index (χ3n) is 6.99. The summed E-state index contributed by atoms with van der Waals surface area (Å²) in [7, 11) is 1.86. The standard InChI is InChI=1S/C24H41N5O/c1-21-12-11-13-22(30)29(21)19-10-7-16-26-23(25-2)27-20-24(14-5-3-6-15-24)28-17-8-4-9-18-28/h11-13H,3-10,14-20H2,1-2H3,(H2,25,26,27). The molecular formula is C24H41N5O. The molecule has 6 nitrogen and oxygen atoms in total. The Morgan fingerprint density at radius 2 is 1.77 bits per heavy atom. The average Bonchev–Trinajstić information content (AvgIpc) is 2.78. The van der Waals surface area contributed by atoms with Gasteiger partial charge in [0.15, 0.2) is 5.96 Å². The van der Waals surface area contributed by atoms with Crippen LogP contribution in [0.3, 0.4) is 0 Å². The van der Waals surface area contributed by atoms with Crippen LogP contribution in [0.2, 0.25) is 0 Å². The molecule has 168 valence electrons. The Balaban J connectivity index is 1.43. The van der Waals surface area contributed by atoms with Crippen molar-refractivity contribution in [3.63, 3.8) is 0 Å². The largest absolute Gasteiger partial charge is 0.356 e. The first-order valence-electron chi connectivity index (χ1n) is 12.0. The van der Waals surface area contributed by atoms with Gasteiger partial charge in [-0.25, -0.2) is 0 Å². The maximum absolute atomic E-state index is 12.0. The van der Waals surface area contributed by atoms with Crippen LogP contribution in [0.1, 0.15) is 69.9 Å². The van der Waals surface area contributed by atoms with Crippen molar-refractivity contribution in [1.82, 2.24) is 20.1 Å².